The Morgan fingerprint density at radius 2 is 2.09 bits per heavy atom. The Kier molecular flexibility index (Phi) is 3.56. The molecule has 1 amide bonds. The minimum absolute atomic E-state index is 0.0372. The summed E-state index contributed by atoms with van der Waals surface area (Å²) in [4.78, 5) is 22.0. The number of carbonyl (C=O) groups is 1. The van der Waals surface area contributed by atoms with Gasteiger partial charge in [-0.2, -0.15) is 13.2 Å². The van der Waals surface area contributed by atoms with Crippen LogP contribution in [0.2, 0.25) is 0 Å². The highest BCUT2D eigenvalue weighted by Crippen LogP contribution is 2.30. The van der Waals surface area contributed by atoms with Gasteiger partial charge in [0.05, 0.1) is 11.3 Å². The molecule has 0 spiro atoms. The molecule has 22 heavy (non-hydrogen) atoms. The molecule has 1 aromatic carbocycles. The Labute approximate surface area is 124 Å². The highest BCUT2D eigenvalue weighted by molar-refractivity contribution is 5.94. The van der Waals surface area contributed by atoms with Gasteiger partial charge in [0.15, 0.2) is 0 Å². The van der Waals surface area contributed by atoms with E-state index in [1.807, 2.05) is 0 Å². The normalized spacial score (nSPS) is 14.6. The molecule has 0 saturated carbocycles. The first-order valence-corrected chi connectivity index (χ1v) is 6.69. The van der Waals surface area contributed by atoms with Crippen LogP contribution in [0, 0.1) is 0 Å². The molecule has 2 heterocycles. The van der Waals surface area contributed by atoms with Gasteiger partial charge >= 0.3 is 6.18 Å². The van der Waals surface area contributed by atoms with Gasteiger partial charge in [-0.1, -0.05) is 6.07 Å². The van der Waals surface area contributed by atoms with Crippen molar-refractivity contribution < 1.29 is 18.0 Å². The number of benzene rings is 1. The fourth-order valence-electron chi connectivity index (χ4n) is 2.45. The Balaban J connectivity index is 1.84. The largest absolute Gasteiger partial charge is 0.416 e. The lowest BCUT2D eigenvalue weighted by molar-refractivity contribution is -0.137. The summed E-state index contributed by atoms with van der Waals surface area (Å²) in [5.41, 5.74) is 0.923. The number of amides is 1. The van der Waals surface area contributed by atoms with E-state index in [0.29, 0.717) is 19.5 Å². The number of aromatic nitrogens is 2. The fourth-order valence-corrected chi connectivity index (χ4v) is 2.45. The van der Waals surface area contributed by atoms with Crippen molar-refractivity contribution in [3.63, 3.8) is 0 Å². The number of carbonyl (C=O) groups excluding carboxylic acids is 1. The van der Waals surface area contributed by atoms with Crippen LogP contribution in [0.15, 0.2) is 36.8 Å². The number of hydrogen-bond acceptors (Lipinski definition) is 3. The number of halogens is 3. The molecule has 0 N–H and O–H groups in total. The van der Waals surface area contributed by atoms with Gasteiger partial charge in [0, 0.05) is 36.8 Å². The van der Waals surface area contributed by atoms with E-state index in [0.717, 1.165) is 23.4 Å². The first-order chi connectivity index (χ1) is 10.4. The Morgan fingerprint density at radius 3 is 2.86 bits per heavy atom. The van der Waals surface area contributed by atoms with Gasteiger partial charge in [0.25, 0.3) is 5.91 Å². The second kappa shape index (κ2) is 5.40. The van der Waals surface area contributed by atoms with Crippen LogP contribution in [0.5, 0.6) is 0 Å². The fraction of sp³-hybridized carbons (Fsp3) is 0.267. The zero-order valence-corrected chi connectivity index (χ0v) is 11.5. The highest BCUT2D eigenvalue weighted by atomic mass is 19.4. The van der Waals surface area contributed by atoms with Crippen LogP contribution in [-0.2, 0) is 19.1 Å². The topological polar surface area (TPSA) is 46.1 Å². The van der Waals surface area contributed by atoms with E-state index in [2.05, 4.69) is 9.97 Å². The molecule has 0 unspecified atom stereocenters. The van der Waals surface area contributed by atoms with Gasteiger partial charge in [-0.15, -0.1) is 0 Å². The van der Waals surface area contributed by atoms with Crippen molar-refractivity contribution in [2.75, 3.05) is 6.54 Å². The lowest BCUT2D eigenvalue weighted by atomic mass is 10.0. The molecule has 0 atom stereocenters. The minimum atomic E-state index is -4.46. The van der Waals surface area contributed by atoms with E-state index in [9.17, 15) is 18.0 Å². The third-order valence-electron chi connectivity index (χ3n) is 3.59. The van der Waals surface area contributed by atoms with E-state index in [1.54, 1.807) is 6.20 Å². The molecule has 2 aromatic rings. The van der Waals surface area contributed by atoms with Crippen molar-refractivity contribution in [3.8, 4) is 0 Å². The number of rotatable bonds is 1. The van der Waals surface area contributed by atoms with E-state index < -0.39 is 17.6 Å². The predicted octanol–water partition coefficient (Wildman–Crippen LogP) is 2.69. The van der Waals surface area contributed by atoms with Gasteiger partial charge in [-0.05, 0) is 18.2 Å². The highest BCUT2D eigenvalue weighted by Gasteiger charge is 2.31. The third kappa shape index (κ3) is 2.79. The van der Waals surface area contributed by atoms with E-state index in [1.165, 1.54) is 23.4 Å². The molecule has 3 rings (SSSR count). The summed E-state index contributed by atoms with van der Waals surface area (Å²) < 4.78 is 38.2. The van der Waals surface area contributed by atoms with E-state index in [-0.39, 0.29) is 5.56 Å². The zero-order valence-electron chi connectivity index (χ0n) is 11.5. The predicted molar refractivity (Wildman–Crippen MR) is 71.9 cm³/mol. The molecule has 0 fully saturated rings. The summed E-state index contributed by atoms with van der Waals surface area (Å²) in [6.07, 6.45) is -0.807. The molecule has 1 aliphatic rings. The lowest BCUT2D eigenvalue weighted by Gasteiger charge is -2.28. The van der Waals surface area contributed by atoms with Gasteiger partial charge in [0.1, 0.15) is 6.33 Å². The second-order valence-corrected chi connectivity index (χ2v) is 5.05. The van der Waals surface area contributed by atoms with Crippen LogP contribution in [0.1, 0.15) is 27.2 Å². The number of alkyl halides is 3. The summed E-state index contributed by atoms with van der Waals surface area (Å²) in [7, 11) is 0. The quantitative estimate of drug-likeness (QED) is 0.814. The van der Waals surface area contributed by atoms with Gasteiger partial charge in [-0.3, -0.25) is 4.79 Å². The maximum absolute atomic E-state index is 12.7. The monoisotopic (exact) mass is 307 g/mol. The summed E-state index contributed by atoms with van der Waals surface area (Å²) in [6, 6.07) is 4.49. The Bertz CT molecular complexity index is 715. The molecule has 0 bridgehead atoms. The number of hydrogen-bond donors (Lipinski definition) is 0. The van der Waals surface area contributed by atoms with Crippen molar-refractivity contribution in [3.05, 3.63) is 59.2 Å². The van der Waals surface area contributed by atoms with E-state index in [4.69, 9.17) is 0 Å². The Hall–Kier alpha value is -2.44. The molecule has 7 heteroatoms. The molecule has 0 saturated heterocycles. The summed E-state index contributed by atoms with van der Waals surface area (Å²) in [5, 5.41) is 0. The molecule has 1 aliphatic heterocycles. The van der Waals surface area contributed by atoms with Crippen LogP contribution in [0.3, 0.4) is 0 Å². The maximum Gasteiger partial charge on any atom is 0.416 e. The molecular weight excluding hydrogens is 295 g/mol. The standard InChI is InChI=1S/C15H12F3N3O/c16-15(17,18)12-3-1-2-10(6-12)14(22)21-5-4-13-11(8-21)7-19-9-20-13/h1-3,6-7,9H,4-5,8H2. The van der Waals surface area contributed by atoms with Crippen LogP contribution in [0.4, 0.5) is 13.2 Å². The zero-order chi connectivity index (χ0) is 15.7. The third-order valence-corrected chi connectivity index (χ3v) is 3.59. The number of nitrogens with zero attached hydrogens (tertiary/aromatic N) is 3. The first-order valence-electron chi connectivity index (χ1n) is 6.69. The average molecular weight is 307 g/mol. The second-order valence-electron chi connectivity index (χ2n) is 5.05. The molecule has 0 aliphatic carbocycles. The summed E-state index contributed by atoms with van der Waals surface area (Å²) in [5.74, 6) is -0.416. The molecule has 1 aromatic heterocycles. The van der Waals surface area contributed by atoms with E-state index >= 15 is 0 Å². The van der Waals surface area contributed by atoms with Gasteiger partial charge in [-0.25, -0.2) is 9.97 Å². The maximum atomic E-state index is 12.7. The van der Waals surface area contributed by atoms with Crippen molar-refractivity contribution >= 4 is 5.91 Å². The summed E-state index contributed by atoms with van der Waals surface area (Å²) in [6.45, 7) is 0.740. The SMILES string of the molecule is O=C(c1cccc(C(F)(F)F)c1)N1CCc2ncncc2C1. The van der Waals surface area contributed by atoms with Crippen molar-refractivity contribution in [2.24, 2.45) is 0 Å². The van der Waals surface area contributed by atoms with Crippen molar-refractivity contribution in [2.45, 2.75) is 19.1 Å². The molecule has 0 radical (unpaired) electrons. The Morgan fingerprint density at radius 1 is 1.27 bits per heavy atom. The van der Waals surface area contributed by atoms with Crippen LogP contribution in [-0.4, -0.2) is 27.3 Å². The average Bonchev–Trinajstić information content (AvgIpc) is 2.53. The lowest BCUT2D eigenvalue weighted by Crippen LogP contribution is -2.36. The minimum Gasteiger partial charge on any atom is -0.334 e. The first kappa shape index (κ1) is 14.5. The van der Waals surface area contributed by atoms with Gasteiger partial charge in [0.2, 0.25) is 0 Å². The van der Waals surface area contributed by atoms with Gasteiger partial charge < -0.3 is 4.90 Å². The molecule has 4 nitrogen and oxygen atoms in total. The van der Waals surface area contributed by atoms with Crippen molar-refractivity contribution in [1.82, 2.24) is 14.9 Å². The van der Waals surface area contributed by atoms with Crippen LogP contribution in [0.25, 0.3) is 0 Å². The smallest absolute Gasteiger partial charge is 0.334 e. The number of fused-ring (bicyclic) bond motifs is 1. The van der Waals surface area contributed by atoms with Crippen LogP contribution >= 0.6 is 0 Å². The molecular formula is C15H12F3N3O. The summed E-state index contributed by atoms with van der Waals surface area (Å²) >= 11 is 0. The van der Waals surface area contributed by atoms with Crippen LogP contribution < -0.4 is 0 Å². The van der Waals surface area contributed by atoms with Crippen molar-refractivity contribution in [1.29, 1.82) is 0 Å². The molecule has 114 valence electrons.